The van der Waals surface area contributed by atoms with Crippen molar-refractivity contribution in [3.8, 4) is 6.07 Å². The van der Waals surface area contributed by atoms with Gasteiger partial charge in [-0.25, -0.2) is 0 Å². The molecular weight excluding hydrogens is 306 g/mol. The summed E-state index contributed by atoms with van der Waals surface area (Å²) in [6.45, 7) is 20.0. The predicted octanol–water partition coefficient (Wildman–Crippen LogP) is 5.03. The highest BCUT2D eigenvalue weighted by Gasteiger charge is 2.28. The third-order valence-corrected chi connectivity index (χ3v) is 6.30. The standard InChI is InChI=1S/C12H22N2.C10H21N/c1-12(2,3)11-5-9-14(10-6-11)8-4-7-13;1-10(2,3)9-5-7-11(4)8-6-9/h11H,4-6,8-10H2,1-3H3;9H,5-8H2,1-4H3. The van der Waals surface area contributed by atoms with Crippen molar-refractivity contribution in [1.82, 2.24) is 9.80 Å². The lowest BCUT2D eigenvalue weighted by molar-refractivity contribution is 0.114. The van der Waals surface area contributed by atoms with Crippen LogP contribution in [-0.2, 0) is 0 Å². The Morgan fingerprint density at radius 1 is 0.800 bits per heavy atom. The van der Waals surface area contributed by atoms with Gasteiger partial charge in [0.05, 0.1) is 6.07 Å². The van der Waals surface area contributed by atoms with E-state index in [9.17, 15) is 0 Å². The van der Waals surface area contributed by atoms with Crippen LogP contribution in [0.25, 0.3) is 0 Å². The molecule has 0 aromatic heterocycles. The normalized spacial score (nSPS) is 22.2. The van der Waals surface area contributed by atoms with E-state index in [0.29, 0.717) is 17.3 Å². The van der Waals surface area contributed by atoms with Crippen LogP contribution >= 0.6 is 0 Å². The number of nitrogens with zero attached hydrogens (tertiary/aromatic N) is 3. The SMILES string of the molecule is CC(C)(C)C1CCN(CCC#N)CC1.CN1CCC(C(C)(C)C)CC1. The number of piperidine rings is 2. The Labute approximate surface area is 157 Å². The van der Waals surface area contributed by atoms with Crippen molar-refractivity contribution < 1.29 is 0 Å². The van der Waals surface area contributed by atoms with E-state index in [0.717, 1.165) is 18.4 Å². The second kappa shape index (κ2) is 9.93. The van der Waals surface area contributed by atoms with E-state index in [1.54, 1.807) is 0 Å². The van der Waals surface area contributed by atoms with Gasteiger partial charge in [-0.05, 0) is 81.6 Å². The lowest BCUT2D eigenvalue weighted by Crippen LogP contribution is -2.38. The zero-order valence-corrected chi connectivity index (χ0v) is 18.1. The van der Waals surface area contributed by atoms with Gasteiger partial charge in [-0.15, -0.1) is 0 Å². The largest absolute Gasteiger partial charge is 0.306 e. The maximum Gasteiger partial charge on any atom is 0.0635 e. The van der Waals surface area contributed by atoms with Gasteiger partial charge >= 0.3 is 0 Å². The Morgan fingerprint density at radius 2 is 1.20 bits per heavy atom. The molecule has 3 nitrogen and oxygen atoms in total. The molecule has 0 saturated carbocycles. The van der Waals surface area contributed by atoms with Crippen LogP contribution in [0.3, 0.4) is 0 Å². The van der Waals surface area contributed by atoms with Gasteiger partial charge in [-0.1, -0.05) is 41.5 Å². The topological polar surface area (TPSA) is 30.3 Å². The summed E-state index contributed by atoms with van der Waals surface area (Å²) < 4.78 is 0. The minimum atomic E-state index is 0.460. The second-order valence-electron chi connectivity index (χ2n) is 10.3. The van der Waals surface area contributed by atoms with Crippen molar-refractivity contribution in [1.29, 1.82) is 5.26 Å². The highest BCUT2D eigenvalue weighted by molar-refractivity contribution is 4.82. The van der Waals surface area contributed by atoms with E-state index in [1.807, 2.05) is 0 Å². The molecule has 2 aliphatic heterocycles. The average Bonchev–Trinajstić information content (AvgIpc) is 2.52. The Hall–Kier alpha value is -0.590. The van der Waals surface area contributed by atoms with Crippen LogP contribution in [0.1, 0.15) is 73.6 Å². The maximum absolute atomic E-state index is 8.50. The summed E-state index contributed by atoms with van der Waals surface area (Å²) in [6.07, 6.45) is 6.06. The fourth-order valence-corrected chi connectivity index (χ4v) is 4.11. The van der Waals surface area contributed by atoms with Crippen LogP contribution < -0.4 is 0 Å². The van der Waals surface area contributed by atoms with Crippen LogP contribution in [-0.4, -0.2) is 49.6 Å². The summed E-state index contributed by atoms with van der Waals surface area (Å²) in [5.74, 6) is 1.81. The minimum Gasteiger partial charge on any atom is -0.306 e. The molecule has 2 heterocycles. The molecule has 2 saturated heterocycles. The van der Waals surface area contributed by atoms with Crippen molar-refractivity contribution >= 4 is 0 Å². The molecule has 0 aliphatic carbocycles. The Morgan fingerprint density at radius 3 is 1.56 bits per heavy atom. The first-order valence-electron chi connectivity index (χ1n) is 10.3. The zero-order chi connectivity index (χ0) is 19.1. The summed E-state index contributed by atoms with van der Waals surface area (Å²) in [6, 6.07) is 2.21. The Bertz CT molecular complexity index is 394. The molecule has 0 radical (unpaired) electrons. The molecule has 0 bridgehead atoms. The summed E-state index contributed by atoms with van der Waals surface area (Å²) >= 11 is 0. The van der Waals surface area contributed by atoms with Crippen LogP contribution in [0.5, 0.6) is 0 Å². The molecule has 0 N–H and O–H groups in total. The summed E-state index contributed by atoms with van der Waals surface area (Å²) in [7, 11) is 2.22. The van der Waals surface area contributed by atoms with Crippen LogP contribution in [0.15, 0.2) is 0 Å². The lowest BCUT2D eigenvalue weighted by Gasteiger charge is -2.38. The fourth-order valence-electron chi connectivity index (χ4n) is 4.11. The molecule has 2 aliphatic rings. The minimum absolute atomic E-state index is 0.460. The number of hydrogen-bond acceptors (Lipinski definition) is 3. The van der Waals surface area contributed by atoms with E-state index in [-0.39, 0.29) is 0 Å². The number of hydrogen-bond donors (Lipinski definition) is 0. The molecule has 3 heteroatoms. The van der Waals surface area contributed by atoms with E-state index < -0.39 is 0 Å². The summed E-state index contributed by atoms with van der Waals surface area (Å²) in [5, 5.41) is 8.50. The van der Waals surface area contributed by atoms with E-state index >= 15 is 0 Å². The molecule has 0 unspecified atom stereocenters. The quantitative estimate of drug-likeness (QED) is 0.700. The van der Waals surface area contributed by atoms with E-state index in [4.69, 9.17) is 5.26 Å². The molecule has 0 amide bonds. The molecule has 0 aromatic rings. The van der Waals surface area contributed by atoms with Gasteiger partial charge in [0.1, 0.15) is 0 Å². The fraction of sp³-hybridized carbons (Fsp3) is 0.955. The van der Waals surface area contributed by atoms with E-state index in [1.165, 1.54) is 51.9 Å². The van der Waals surface area contributed by atoms with Crippen LogP contribution in [0.2, 0.25) is 0 Å². The van der Waals surface area contributed by atoms with Crippen molar-refractivity contribution in [3.63, 3.8) is 0 Å². The summed E-state index contributed by atoms with van der Waals surface area (Å²) in [4.78, 5) is 4.85. The number of nitriles is 1. The first-order chi connectivity index (χ1) is 11.5. The summed E-state index contributed by atoms with van der Waals surface area (Å²) in [5.41, 5.74) is 0.989. The molecular formula is C22H43N3. The van der Waals surface area contributed by atoms with Crippen molar-refractivity contribution in [2.75, 3.05) is 39.8 Å². The van der Waals surface area contributed by atoms with Gasteiger partial charge in [-0.2, -0.15) is 5.26 Å². The lowest BCUT2D eigenvalue weighted by atomic mass is 9.75. The molecule has 0 atom stereocenters. The molecule has 0 aromatic carbocycles. The number of rotatable bonds is 2. The molecule has 2 rings (SSSR count). The van der Waals surface area contributed by atoms with Gasteiger partial charge in [-0.3, -0.25) is 0 Å². The smallest absolute Gasteiger partial charge is 0.0635 e. The maximum atomic E-state index is 8.50. The van der Waals surface area contributed by atoms with Gasteiger partial charge in [0.2, 0.25) is 0 Å². The van der Waals surface area contributed by atoms with Gasteiger partial charge in [0.15, 0.2) is 0 Å². The van der Waals surface area contributed by atoms with Crippen LogP contribution in [0.4, 0.5) is 0 Å². The average molecular weight is 350 g/mol. The highest BCUT2D eigenvalue weighted by Crippen LogP contribution is 2.34. The number of likely N-dealkylation sites (tertiary alicyclic amines) is 2. The monoisotopic (exact) mass is 349 g/mol. The van der Waals surface area contributed by atoms with Crippen LogP contribution in [0, 0.1) is 34.0 Å². The van der Waals surface area contributed by atoms with Gasteiger partial charge in [0, 0.05) is 13.0 Å². The molecule has 146 valence electrons. The molecule has 2 fully saturated rings. The van der Waals surface area contributed by atoms with Crippen molar-refractivity contribution in [2.24, 2.45) is 22.7 Å². The van der Waals surface area contributed by atoms with Crippen molar-refractivity contribution in [3.05, 3.63) is 0 Å². The first-order valence-corrected chi connectivity index (χ1v) is 10.3. The Kier molecular flexibility index (Phi) is 8.92. The van der Waals surface area contributed by atoms with Gasteiger partial charge < -0.3 is 9.80 Å². The van der Waals surface area contributed by atoms with Crippen molar-refractivity contribution in [2.45, 2.75) is 73.6 Å². The molecule has 25 heavy (non-hydrogen) atoms. The highest BCUT2D eigenvalue weighted by atomic mass is 15.1. The predicted molar refractivity (Wildman–Crippen MR) is 109 cm³/mol. The zero-order valence-electron chi connectivity index (χ0n) is 18.1. The third kappa shape index (κ3) is 8.56. The Balaban J connectivity index is 0.000000257. The van der Waals surface area contributed by atoms with E-state index in [2.05, 4.69) is 64.5 Å². The van der Waals surface area contributed by atoms with Gasteiger partial charge in [0.25, 0.3) is 0 Å². The first kappa shape index (κ1) is 22.5. The second-order valence-corrected chi connectivity index (χ2v) is 10.3. The molecule has 0 spiro atoms. The third-order valence-electron chi connectivity index (χ3n) is 6.30.